The molecule has 0 saturated heterocycles. The molecule has 11 heteroatoms. The van der Waals surface area contributed by atoms with Gasteiger partial charge >= 0.3 is 0 Å². The number of carbonyl (C=O) groups is 2. The average Bonchev–Trinajstić information content (AvgIpc) is 3.82. The van der Waals surface area contributed by atoms with Gasteiger partial charge in [0.05, 0.1) is 27.0 Å². The number of anilines is 2. The Morgan fingerprint density at radius 1 is 0.600 bits per heavy atom. The predicted molar refractivity (Wildman–Crippen MR) is 223 cm³/mol. The number of thiazole rings is 2. The fourth-order valence-electron chi connectivity index (χ4n) is 5.59. The summed E-state index contributed by atoms with van der Waals surface area (Å²) in [7, 11) is 0. The molecule has 0 atom stereocenters. The molecule has 0 aliphatic heterocycles. The first-order valence-corrected chi connectivity index (χ1v) is 19.0. The maximum Gasteiger partial charge on any atom is 0.255 e. The van der Waals surface area contributed by atoms with Gasteiger partial charge in [0.15, 0.2) is 0 Å². The summed E-state index contributed by atoms with van der Waals surface area (Å²) in [5, 5.41) is 25.7. The van der Waals surface area contributed by atoms with Crippen LogP contribution in [0.15, 0.2) is 133 Å². The SMILES string of the molecule is Cc1ccc2nc(-c3ccc(NC(=O)c4ccc(O)cc4)cc3)sc2c1.Cc1ccc2nc(-c3ccc(NC(=O)c4ccc(OCCO)cc4)cc3)sc2c1. The molecule has 2 heterocycles. The van der Waals surface area contributed by atoms with Crippen molar-refractivity contribution in [3.8, 4) is 32.6 Å². The second kappa shape index (κ2) is 16.7. The van der Waals surface area contributed by atoms with Gasteiger partial charge in [0.1, 0.15) is 28.1 Å². The van der Waals surface area contributed by atoms with Crippen molar-refractivity contribution in [3.05, 3.63) is 156 Å². The number of hydrogen-bond acceptors (Lipinski definition) is 9. The minimum Gasteiger partial charge on any atom is -0.508 e. The van der Waals surface area contributed by atoms with Crippen LogP contribution in [-0.2, 0) is 0 Å². The summed E-state index contributed by atoms with van der Waals surface area (Å²) in [6, 6.07) is 40.8. The minimum absolute atomic E-state index is 0.0467. The van der Waals surface area contributed by atoms with E-state index in [1.165, 1.54) is 32.7 Å². The largest absolute Gasteiger partial charge is 0.508 e. The third-order valence-corrected chi connectivity index (χ3v) is 10.6. The lowest BCUT2D eigenvalue weighted by molar-refractivity contribution is 0.101. The van der Waals surface area contributed by atoms with Crippen LogP contribution in [0.3, 0.4) is 0 Å². The molecule has 0 aliphatic rings. The van der Waals surface area contributed by atoms with E-state index < -0.39 is 0 Å². The van der Waals surface area contributed by atoms with E-state index in [1.54, 1.807) is 59.1 Å². The molecule has 0 spiro atoms. The Morgan fingerprint density at radius 2 is 1.04 bits per heavy atom. The van der Waals surface area contributed by atoms with Crippen LogP contribution < -0.4 is 15.4 Å². The molecular weight excluding hydrogens is 729 g/mol. The van der Waals surface area contributed by atoms with Crippen LogP contribution in [0, 0.1) is 13.8 Å². The number of phenols is 1. The number of aliphatic hydroxyl groups excluding tert-OH is 1. The summed E-state index contributed by atoms with van der Waals surface area (Å²) in [5.74, 6) is 0.345. The van der Waals surface area contributed by atoms with E-state index in [9.17, 15) is 14.7 Å². The number of nitrogens with one attached hydrogen (secondary N) is 2. The number of aromatic nitrogens is 2. The van der Waals surface area contributed by atoms with E-state index >= 15 is 0 Å². The molecule has 0 saturated carbocycles. The molecule has 0 unspecified atom stereocenters. The quantitative estimate of drug-likeness (QED) is 0.115. The third kappa shape index (κ3) is 9.22. The van der Waals surface area contributed by atoms with Gasteiger partial charge in [-0.05, 0) is 146 Å². The molecule has 55 heavy (non-hydrogen) atoms. The number of aryl methyl sites for hydroxylation is 2. The Labute approximate surface area is 325 Å². The number of amides is 2. The van der Waals surface area contributed by atoms with Crippen LogP contribution in [0.4, 0.5) is 11.4 Å². The normalized spacial score (nSPS) is 10.8. The van der Waals surface area contributed by atoms with Gasteiger partial charge in [-0.3, -0.25) is 9.59 Å². The number of aromatic hydroxyl groups is 1. The third-order valence-electron chi connectivity index (χ3n) is 8.47. The first kappa shape index (κ1) is 36.9. The van der Waals surface area contributed by atoms with Gasteiger partial charge in [-0.25, -0.2) is 9.97 Å². The number of ether oxygens (including phenoxy) is 1. The highest BCUT2D eigenvalue weighted by molar-refractivity contribution is 7.22. The fraction of sp³-hybridized carbons (Fsp3) is 0.0909. The van der Waals surface area contributed by atoms with E-state index in [0.29, 0.717) is 22.6 Å². The van der Waals surface area contributed by atoms with Gasteiger partial charge in [0, 0.05) is 33.6 Å². The number of benzene rings is 6. The van der Waals surface area contributed by atoms with Crippen molar-refractivity contribution in [2.45, 2.75) is 13.8 Å². The van der Waals surface area contributed by atoms with Gasteiger partial charge in [0.2, 0.25) is 0 Å². The van der Waals surface area contributed by atoms with Crippen molar-refractivity contribution < 1.29 is 24.5 Å². The fourth-order valence-corrected chi connectivity index (χ4v) is 7.73. The number of hydrogen-bond donors (Lipinski definition) is 4. The molecule has 0 bridgehead atoms. The summed E-state index contributed by atoms with van der Waals surface area (Å²) in [4.78, 5) is 34.0. The first-order chi connectivity index (χ1) is 26.7. The summed E-state index contributed by atoms with van der Waals surface area (Å²) >= 11 is 3.32. The standard InChI is InChI=1S/C23H20N2O3S.C21H16N2O2S/c1-15-2-11-20-21(14-15)29-23(25-20)17-3-7-18(8-4-17)24-22(27)16-5-9-19(10-6-16)28-13-12-26;1-13-2-11-18-19(12-13)26-21(23-18)15-3-7-16(8-4-15)22-20(25)14-5-9-17(24)10-6-14/h2-11,14,26H,12-13H2,1H3,(H,24,27);2-12,24H,1H3,(H,22,25). The molecule has 8 rings (SSSR count). The highest BCUT2D eigenvalue weighted by Gasteiger charge is 2.11. The van der Waals surface area contributed by atoms with Crippen molar-refractivity contribution in [2.24, 2.45) is 0 Å². The molecule has 274 valence electrons. The molecular formula is C44H36N4O5S2. The second-order valence-electron chi connectivity index (χ2n) is 12.7. The molecule has 2 aromatic heterocycles. The van der Waals surface area contributed by atoms with Gasteiger partial charge in [-0.2, -0.15) is 0 Å². The van der Waals surface area contributed by atoms with Crippen molar-refractivity contribution in [2.75, 3.05) is 23.8 Å². The molecule has 0 aliphatic carbocycles. The highest BCUT2D eigenvalue weighted by Crippen LogP contribution is 2.33. The first-order valence-electron chi connectivity index (χ1n) is 17.4. The number of aliphatic hydroxyl groups is 1. The van der Waals surface area contributed by atoms with Crippen LogP contribution in [0.2, 0.25) is 0 Å². The number of carbonyl (C=O) groups excluding carboxylic acids is 2. The molecule has 2 amide bonds. The summed E-state index contributed by atoms with van der Waals surface area (Å²) in [5.41, 5.74) is 8.94. The van der Waals surface area contributed by atoms with Crippen molar-refractivity contribution in [1.82, 2.24) is 9.97 Å². The van der Waals surface area contributed by atoms with E-state index in [0.717, 1.165) is 37.9 Å². The zero-order valence-corrected chi connectivity index (χ0v) is 31.6. The van der Waals surface area contributed by atoms with E-state index in [-0.39, 0.29) is 30.8 Å². The number of phenolic OH excluding ortho intramolecular Hbond substituents is 1. The van der Waals surface area contributed by atoms with E-state index in [1.807, 2.05) is 60.7 Å². The Balaban J connectivity index is 0.000000170. The molecule has 4 N–H and O–H groups in total. The molecule has 9 nitrogen and oxygen atoms in total. The molecule has 6 aromatic carbocycles. The van der Waals surface area contributed by atoms with Crippen LogP contribution >= 0.6 is 22.7 Å². The topological polar surface area (TPSA) is 134 Å². The zero-order valence-electron chi connectivity index (χ0n) is 29.9. The molecule has 8 aromatic rings. The Hall–Kier alpha value is -6.40. The number of rotatable bonds is 9. The van der Waals surface area contributed by atoms with Crippen molar-refractivity contribution >= 4 is 66.3 Å². The van der Waals surface area contributed by atoms with Crippen molar-refractivity contribution in [3.63, 3.8) is 0 Å². The van der Waals surface area contributed by atoms with Gasteiger partial charge in [0.25, 0.3) is 11.8 Å². The minimum atomic E-state index is -0.215. The average molecular weight is 765 g/mol. The van der Waals surface area contributed by atoms with E-state index in [2.05, 4.69) is 53.7 Å². The van der Waals surface area contributed by atoms with Crippen LogP contribution in [0.5, 0.6) is 11.5 Å². The lowest BCUT2D eigenvalue weighted by atomic mass is 10.2. The smallest absolute Gasteiger partial charge is 0.255 e. The number of nitrogens with zero attached hydrogens (tertiary/aromatic N) is 2. The monoisotopic (exact) mass is 764 g/mol. The highest BCUT2D eigenvalue weighted by atomic mass is 32.1. The Bertz CT molecular complexity index is 2580. The lowest BCUT2D eigenvalue weighted by Crippen LogP contribution is -2.11. The maximum atomic E-state index is 12.4. The second-order valence-corrected chi connectivity index (χ2v) is 14.7. The number of fused-ring (bicyclic) bond motifs is 2. The summed E-state index contributed by atoms with van der Waals surface area (Å²) in [6.45, 7) is 4.33. The maximum absolute atomic E-state index is 12.4. The van der Waals surface area contributed by atoms with Crippen LogP contribution in [-0.4, -0.2) is 45.2 Å². The Kier molecular flexibility index (Phi) is 11.2. The summed E-state index contributed by atoms with van der Waals surface area (Å²) < 4.78 is 7.65. The van der Waals surface area contributed by atoms with E-state index in [4.69, 9.17) is 14.8 Å². The molecule has 0 radical (unpaired) electrons. The van der Waals surface area contributed by atoms with Gasteiger partial charge in [-0.1, -0.05) is 12.1 Å². The zero-order chi connectivity index (χ0) is 38.3. The Morgan fingerprint density at radius 3 is 1.47 bits per heavy atom. The lowest BCUT2D eigenvalue weighted by Gasteiger charge is -2.07. The van der Waals surface area contributed by atoms with Crippen LogP contribution in [0.25, 0.3) is 41.6 Å². The van der Waals surface area contributed by atoms with Crippen LogP contribution in [0.1, 0.15) is 31.8 Å². The van der Waals surface area contributed by atoms with Gasteiger partial charge in [-0.15, -0.1) is 22.7 Å². The summed E-state index contributed by atoms with van der Waals surface area (Å²) in [6.07, 6.45) is 0. The van der Waals surface area contributed by atoms with Gasteiger partial charge < -0.3 is 25.6 Å². The van der Waals surface area contributed by atoms with Crippen molar-refractivity contribution in [1.29, 1.82) is 0 Å². The predicted octanol–water partition coefficient (Wildman–Crippen LogP) is 10.1. The molecule has 0 fully saturated rings.